The van der Waals surface area contributed by atoms with Crippen molar-refractivity contribution in [1.29, 1.82) is 0 Å². The van der Waals surface area contributed by atoms with Gasteiger partial charge in [-0.25, -0.2) is 4.90 Å². The molecule has 2 amide bonds. The molecule has 3 atom stereocenters. The number of thiazole rings is 1. The summed E-state index contributed by atoms with van der Waals surface area (Å²) in [6.07, 6.45) is 0. The summed E-state index contributed by atoms with van der Waals surface area (Å²) in [4.78, 5) is 67.3. The Balaban J connectivity index is 1.61. The molecule has 5 rings (SSSR count). The van der Waals surface area contributed by atoms with E-state index in [1.165, 1.54) is 28.8 Å². The minimum atomic E-state index is -0.861. The molecular weight excluding hydrogens is 568 g/mol. The van der Waals surface area contributed by atoms with Gasteiger partial charge in [-0.1, -0.05) is 35.2 Å². The highest BCUT2D eigenvalue weighted by molar-refractivity contribution is 8.00. The number of hydrogen-bond acceptors (Lipinski definition) is 10. The van der Waals surface area contributed by atoms with Crippen LogP contribution in [0.4, 0.5) is 17.1 Å². The van der Waals surface area contributed by atoms with Crippen molar-refractivity contribution in [2.45, 2.75) is 43.5 Å². The van der Waals surface area contributed by atoms with Crippen LogP contribution in [0.2, 0.25) is 0 Å². The fourth-order valence-corrected chi connectivity index (χ4v) is 8.18. The molecule has 1 aromatic heterocycles. The summed E-state index contributed by atoms with van der Waals surface area (Å²) in [5.74, 6) is -2.91. The van der Waals surface area contributed by atoms with E-state index in [4.69, 9.17) is 4.74 Å². The first-order valence-electron chi connectivity index (χ1n) is 13.2. The van der Waals surface area contributed by atoms with Crippen LogP contribution < -0.4 is 14.7 Å². The molecule has 0 radical (unpaired) electrons. The third-order valence-corrected chi connectivity index (χ3v) is 9.95. The number of thioether (sulfide) groups is 1. The molecule has 41 heavy (non-hydrogen) atoms. The normalized spacial score (nSPS) is 19.6. The van der Waals surface area contributed by atoms with Gasteiger partial charge < -0.3 is 9.64 Å². The summed E-state index contributed by atoms with van der Waals surface area (Å²) in [5.41, 5.74) is 1.86. The van der Waals surface area contributed by atoms with Crippen LogP contribution in [-0.4, -0.2) is 52.2 Å². The van der Waals surface area contributed by atoms with Crippen LogP contribution in [0.5, 0.6) is 0 Å². The highest BCUT2D eigenvalue weighted by Crippen LogP contribution is 2.54. The number of ether oxygens (including phenoxy) is 1. The number of anilines is 2. The average molecular weight is 597 g/mol. The molecule has 2 aromatic carbocycles. The summed E-state index contributed by atoms with van der Waals surface area (Å²) in [6, 6.07) is 13.0. The van der Waals surface area contributed by atoms with E-state index in [1.54, 1.807) is 6.92 Å². The van der Waals surface area contributed by atoms with Gasteiger partial charge in [0.25, 0.3) is 5.69 Å². The molecule has 0 bridgehead atoms. The third-order valence-electron chi connectivity index (χ3n) is 7.34. The van der Waals surface area contributed by atoms with Gasteiger partial charge in [-0.2, -0.15) is 0 Å². The number of benzene rings is 2. The van der Waals surface area contributed by atoms with Gasteiger partial charge in [-0.3, -0.25) is 33.9 Å². The summed E-state index contributed by atoms with van der Waals surface area (Å²) in [6.45, 7) is 7.30. The van der Waals surface area contributed by atoms with E-state index >= 15 is 0 Å². The lowest BCUT2D eigenvalue weighted by molar-refractivity contribution is -0.384. The summed E-state index contributed by atoms with van der Waals surface area (Å²) < 4.78 is 6.39. The summed E-state index contributed by atoms with van der Waals surface area (Å²) in [5, 5.41) is 10.7. The second-order valence-corrected chi connectivity index (χ2v) is 11.6. The number of fused-ring (bicyclic) bond motifs is 2. The Hall–Kier alpha value is -3.97. The molecular formula is C28H28N4O7S2. The van der Waals surface area contributed by atoms with E-state index in [1.807, 2.05) is 24.3 Å². The van der Waals surface area contributed by atoms with Gasteiger partial charge >= 0.3 is 10.8 Å². The lowest BCUT2D eigenvalue weighted by Gasteiger charge is -2.31. The minimum Gasteiger partial charge on any atom is -0.465 e. The quantitative estimate of drug-likeness (QED) is 0.155. The van der Waals surface area contributed by atoms with Crippen LogP contribution >= 0.6 is 23.1 Å². The van der Waals surface area contributed by atoms with Gasteiger partial charge in [0.1, 0.15) is 11.8 Å². The van der Waals surface area contributed by atoms with Crippen molar-refractivity contribution in [3.05, 3.63) is 78.8 Å². The van der Waals surface area contributed by atoms with Crippen LogP contribution in [0.1, 0.15) is 37.1 Å². The zero-order chi connectivity index (χ0) is 29.4. The van der Waals surface area contributed by atoms with Crippen molar-refractivity contribution in [3.63, 3.8) is 0 Å². The van der Waals surface area contributed by atoms with Crippen LogP contribution in [0.15, 0.2) is 58.4 Å². The van der Waals surface area contributed by atoms with Gasteiger partial charge in [-0.15, -0.1) is 0 Å². The van der Waals surface area contributed by atoms with E-state index in [0.717, 1.165) is 52.3 Å². The van der Waals surface area contributed by atoms with Crippen molar-refractivity contribution in [1.82, 2.24) is 4.57 Å². The fraction of sp³-hybridized carbons (Fsp3) is 0.357. The Bertz CT molecular complexity index is 1560. The van der Waals surface area contributed by atoms with Gasteiger partial charge in [0, 0.05) is 41.7 Å². The number of carbonyl (C=O) groups is 3. The number of rotatable bonds is 9. The number of imide groups is 1. The average Bonchev–Trinajstić information content (AvgIpc) is 3.40. The molecule has 0 saturated carbocycles. The molecule has 0 aliphatic carbocycles. The SMILES string of the molecule is CCOC(=O)Cn1c2c(sc1=O)[C@@H](c1ccc(N(CC)CC)cc1)[C@@H]1C(=O)N(c3ccc([N+](=O)[O-])cc3)C(=O)[C@@H]1S2. The fourth-order valence-electron chi connectivity index (χ4n) is 5.41. The number of amides is 2. The molecule has 3 aromatic rings. The van der Waals surface area contributed by atoms with Crippen LogP contribution in [0.3, 0.4) is 0 Å². The zero-order valence-electron chi connectivity index (χ0n) is 22.6. The van der Waals surface area contributed by atoms with E-state index in [0.29, 0.717) is 9.90 Å². The number of carbonyl (C=O) groups excluding carboxylic acids is 3. The lowest BCUT2D eigenvalue weighted by Crippen LogP contribution is -2.32. The highest BCUT2D eigenvalue weighted by atomic mass is 32.2. The molecule has 2 aliphatic heterocycles. The molecule has 1 fully saturated rings. The maximum Gasteiger partial charge on any atom is 0.326 e. The van der Waals surface area contributed by atoms with Gasteiger partial charge in [0.15, 0.2) is 0 Å². The van der Waals surface area contributed by atoms with Crippen molar-refractivity contribution in [2.75, 3.05) is 29.5 Å². The van der Waals surface area contributed by atoms with E-state index in [2.05, 4.69) is 18.7 Å². The van der Waals surface area contributed by atoms with Crippen molar-refractivity contribution in [2.24, 2.45) is 5.92 Å². The predicted octanol–water partition coefficient (Wildman–Crippen LogP) is 4.02. The third kappa shape index (κ3) is 5.04. The topological polar surface area (TPSA) is 132 Å². The van der Waals surface area contributed by atoms with Crippen LogP contribution in [-0.2, 0) is 25.7 Å². The monoisotopic (exact) mass is 596 g/mol. The first kappa shape index (κ1) is 28.6. The molecule has 214 valence electrons. The van der Waals surface area contributed by atoms with Crippen LogP contribution in [0, 0.1) is 16.0 Å². The minimum absolute atomic E-state index is 0.157. The number of nitro groups is 1. The number of non-ortho nitro benzene ring substituents is 1. The van der Waals surface area contributed by atoms with Crippen molar-refractivity contribution in [3.8, 4) is 0 Å². The maximum absolute atomic E-state index is 14.0. The molecule has 2 aliphatic rings. The second kappa shape index (κ2) is 11.5. The molecule has 3 heterocycles. The molecule has 0 spiro atoms. The molecule has 11 nitrogen and oxygen atoms in total. The van der Waals surface area contributed by atoms with E-state index < -0.39 is 39.8 Å². The van der Waals surface area contributed by atoms with Crippen molar-refractivity contribution < 1.29 is 24.0 Å². The molecule has 13 heteroatoms. The van der Waals surface area contributed by atoms with Gasteiger partial charge in [-0.05, 0) is 50.6 Å². The second-order valence-electron chi connectivity index (χ2n) is 9.52. The summed E-state index contributed by atoms with van der Waals surface area (Å²) >= 11 is 2.07. The molecule has 0 unspecified atom stereocenters. The summed E-state index contributed by atoms with van der Waals surface area (Å²) in [7, 11) is 0. The predicted molar refractivity (Wildman–Crippen MR) is 156 cm³/mol. The lowest BCUT2D eigenvalue weighted by atomic mass is 9.83. The molecule has 1 saturated heterocycles. The number of nitrogens with zero attached hydrogens (tertiary/aromatic N) is 4. The standard InChI is InChI=1S/C28H28N4O7S2/c1-4-29(5-2)17-9-7-16(8-10-17)21-22-23(40-27-24(21)41-28(36)30(27)15-20(33)39-6-3)26(35)31(25(22)34)18-11-13-19(14-12-18)32(37)38/h7-14,21-23H,4-6,15H2,1-3H3/t21-,22-,23+/m0/s1. The zero-order valence-corrected chi connectivity index (χ0v) is 24.3. The van der Waals surface area contributed by atoms with E-state index in [-0.39, 0.29) is 29.4 Å². The first-order chi connectivity index (χ1) is 19.7. The Labute approximate surface area is 243 Å². The Morgan fingerprint density at radius 2 is 1.66 bits per heavy atom. The van der Waals surface area contributed by atoms with Crippen LogP contribution in [0.25, 0.3) is 0 Å². The first-order valence-corrected chi connectivity index (χ1v) is 14.9. The number of hydrogen-bond donors (Lipinski definition) is 0. The largest absolute Gasteiger partial charge is 0.465 e. The Morgan fingerprint density at radius 1 is 1.00 bits per heavy atom. The van der Waals surface area contributed by atoms with Gasteiger partial charge in [0.2, 0.25) is 11.8 Å². The van der Waals surface area contributed by atoms with E-state index in [9.17, 15) is 29.3 Å². The number of esters is 1. The Morgan fingerprint density at radius 3 is 2.24 bits per heavy atom. The Kier molecular flexibility index (Phi) is 8.00. The highest BCUT2D eigenvalue weighted by Gasteiger charge is 2.56. The van der Waals surface area contributed by atoms with Gasteiger partial charge in [0.05, 0.1) is 28.2 Å². The maximum atomic E-state index is 14.0. The number of nitro benzene ring substituents is 1. The smallest absolute Gasteiger partial charge is 0.326 e. The van der Waals surface area contributed by atoms with Crippen molar-refractivity contribution >= 4 is 57.9 Å². The number of aromatic nitrogens is 1. The molecule has 0 N–H and O–H groups in total.